The number of fused-ring (bicyclic) bond motifs is 2. The zero-order valence-corrected chi connectivity index (χ0v) is 22.6. The van der Waals surface area contributed by atoms with Gasteiger partial charge in [0.1, 0.15) is 0 Å². The normalized spacial score (nSPS) is 19.4. The fraction of sp³-hybridized carbons (Fsp3) is 0.344. The monoisotopic (exact) mass is 461 g/mol. The first-order chi connectivity index (χ1) is 16.2. The Labute approximate surface area is 207 Å². The highest BCUT2D eigenvalue weighted by Crippen LogP contribution is 2.45. The van der Waals surface area contributed by atoms with E-state index in [-0.39, 0.29) is 5.41 Å². The zero-order chi connectivity index (χ0) is 24.2. The average molecular weight is 462 g/mol. The van der Waals surface area contributed by atoms with Crippen LogP contribution in [0.15, 0.2) is 86.7 Å². The predicted molar refractivity (Wildman–Crippen MR) is 149 cm³/mol. The van der Waals surface area contributed by atoms with Gasteiger partial charge in [-0.2, -0.15) is 0 Å². The van der Waals surface area contributed by atoms with Crippen LogP contribution in [0, 0.1) is 0 Å². The minimum atomic E-state index is 0.174. The lowest BCUT2D eigenvalue weighted by atomic mass is 9.86. The summed E-state index contributed by atoms with van der Waals surface area (Å²) in [4.78, 5) is 4.84. The molecular formula is C32H35NSi. The average Bonchev–Trinajstić information content (AvgIpc) is 3.40. The minimum absolute atomic E-state index is 0.174. The van der Waals surface area contributed by atoms with E-state index in [1.54, 1.807) is 5.57 Å². The molecule has 2 aromatic carbocycles. The summed E-state index contributed by atoms with van der Waals surface area (Å²) in [5.74, 6) is 0. The van der Waals surface area contributed by atoms with Crippen LogP contribution in [0.4, 0.5) is 0 Å². The summed E-state index contributed by atoms with van der Waals surface area (Å²) in [6.07, 6.45) is 7.22. The zero-order valence-electron chi connectivity index (χ0n) is 21.6. The van der Waals surface area contributed by atoms with Gasteiger partial charge in [0.05, 0.1) is 15.2 Å². The van der Waals surface area contributed by atoms with Gasteiger partial charge >= 0.3 is 0 Å². The van der Waals surface area contributed by atoms with Crippen molar-refractivity contribution >= 4 is 21.3 Å². The number of aliphatic imine (C=N–C) groups is 1. The Morgan fingerprint density at radius 2 is 1.65 bits per heavy atom. The molecule has 2 aliphatic carbocycles. The predicted octanol–water partition coefficient (Wildman–Crippen LogP) is 8.56. The van der Waals surface area contributed by atoms with E-state index in [4.69, 9.17) is 4.99 Å². The van der Waals surface area contributed by atoms with Gasteiger partial charge in [-0.15, -0.1) is 0 Å². The third-order valence-corrected chi connectivity index (χ3v) is 9.37. The molecule has 5 rings (SSSR count). The summed E-state index contributed by atoms with van der Waals surface area (Å²) < 4.78 is 0. The van der Waals surface area contributed by atoms with Crippen molar-refractivity contribution in [3.63, 3.8) is 0 Å². The third-order valence-electron chi connectivity index (χ3n) is 7.57. The molecule has 1 heterocycles. The molecule has 1 unspecified atom stereocenters. The second-order valence-corrected chi connectivity index (χ2v) is 12.4. The van der Waals surface area contributed by atoms with Gasteiger partial charge in [-0.25, -0.2) is 0 Å². The summed E-state index contributed by atoms with van der Waals surface area (Å²) >= 11 is 0. The third kappa shape index (κ3) is 3.82. The van der Waals surface area contributed by atoms with E-state index in [0.717, 1.165) is 15.9 Å². The van der Waals surface area contributed by atoms with Crippen LogP contribution in [-0.4, -0.2) is 15.2 Å². The molecule has 0 amide bonds. The largest absolute Gasteiger partial charge is 0.253 e. The lowest BCUT2D eigenvalue weighted by Gasteiger charge is -2.20. The Balaban J connectivity index is 1.52. The highest BCUT2D eigenvalue weighted by molar-refractivity contribution is 6.50. The molecule has 0 saturated heterocycles. The smallest absolute Gasteiger partial charge is 0.0949 e. The molecule has 2 radical (unpaired) electrons. The number of hydrogen-bond acceptors (Lipinski definition) is 1. The quantitative estimate of drug-likeness (QED) is 0.395. The van der Waals surface area contributed by atoms with Crippen LogP contribution in [0.3, 0.4) is 0 Å². The summed E-state index contributed by atoms with van der Waals surface area (Å²) in [7, 11) is 0.744. The SMILES string of the molecule is CCCC1=Cc2c(-c3ccc(C(C)(C)C)cc3)cccc2C1[Si]C1=C(C)C2=C(C)C(C)=NC2=C1. The van der Waals surface area contributed by atoms with Gasteiger partial charge in [-0.3, -0.25) is 4.99 Å². The molecule has 2 aromatic rings. The number of hydrogen-bond donors (Lipinski definition) is 0. The molecule has 1 aliphatic heterocycles. The second-order valence-electron chi connectivity index (χ2n) is 10.9. The molecule has 34 heavy (non-hydrogen) atoms. The van der Waals surface area contributed by atoms with Gasteiger partial charge in [0, 0.05) is 16.8 Å². The molecule has 2 heteroatoms. The molecule has 1 nitrogen and oxygen atoms in total. The van der Waals surface area contributed by atoms with Crippen molar-refractivity contribution < 1.29 is 0 Å². The van der Waals surface area contributed by atoms with Crippen molar-refractivity contribution in [3.05, 3.63) is 98.4 Å². The highest BCUT2D eigenvalue weighted by Gasteiger charge is 2.32. The lowest BCUT2D eigenvalue weighted by Crippen LogP contribution is -2.11. The van der Waals surface area contributed by atoms with Crippen molar-refractivity contribution in [1.82, 2.24) is 0 Å². The fourth-order valence-electron chi connectivity index (χ4n) is 5.50. The van der Waals surface area contributed by atoms with Gasteiger partial charge in [-0.05, 0) is 77.6 Å². The second kappa shape index (κ2) is 8.50. The minimum Gasteiger partial charge on any atom is -0.253 e. The molecular weight excluding hydrogens is 426 g/mol. The van der Waals surface area contributed by atoms with Gasteiger partial charge in [-0.1, -0.05) is 93.4 Å². The topological polar surface area (TPSA) is 12.4 Å². The maximum Gasteiger partial charge on any atom is 0.0949 e. The Kier molecular flexibility index (Phi) is 5.76. The first-order valence-electron chi connectivity index (χ1n) is 12.6. The molecule has 172 valence electrons. The summed E-state index contributed by atoms with van der Waals surface area (Å²) in [6, 6.07) is 16.1. The number of rotatable bonds is 5. The van der Waals surface area contributed by atoms with Crippen molar-refractivity contribution in [2.75, 3.05) is 0 Å². The maximum atomic E-state index is 4.84. The van der Waals surface area contributed by atoms with E-state index < -0.39 is 0 Å². The Bertz CT molecular complexity index is 1320. The van der Waals surface area contributed by atoms with E-state index in [1.165, 1.54) is 67.6 Å². The van der Waals surface area contributed by atoms with Crippen LogP contribution in [0.25, 0.3) is 17.2 Å². The van der Waals surface area contributed by atoms with Crippen LogP contribution < -0.4 is 0 Å². The molecule has 0 spiro atoms. The fourth-order valence-corrected chi connectivity index (χ4v) is 7.19. The molecule has 0 saturated carbocycles. The van der Waals surface area contributed by atoms with Gasteiger partial charge in [0.2, 0.25) is 0 Å². The summed E-state index contributed by atoms with van der Waals surface area (Å²) in [5.41, 5.74) is 15.8. The van der Waals surface area contributed by atoms with E-state index >= 15 is 0 Å². The molecule has 3 aliphatic rings. The molecule has 0 fully saturated rings. The first-order valence-corrected chi connectivity index (χ1v) is 13.7. The standard InChI is InChI=1S/C32H35NSi/c1-8-10-23-17-27-25(22-13-15-24(16-14-22)32(5,6)7)11-9-12-26(27)31(23)34-29-18-28-30(20(29)3)19(2)21(4)33-28/h9,11-18,31H,8,10H2,1-7H3. The van der Waals surface area contributed by atoms with Gasteiger partial charge in [0.25, 0.3) is 0 Å². The summed E-state index contributed by atoms with van der Waals surface area (Å²) in [6.45, 7) is 15.8. The Hall–Kier alpha value is -2.71. The molecule has 0 aromatic heterocycles. The van der Waals surface area contributed by atoms with Crippen LogP contribution in [-0.2, 0) is 5.41 Å². The van der Waals surface area contributed by atoms with Gasteiger partial charge < -0.3 is 0 Å². The van der Waals surface area contributed by atoms with Crippen molar-refractivity contribution in [2.45, 2.75) is 72.3 Å². The van der Waals surface area contributed by atoms with Crippen molar-refractivity contribution in [3.8, 4) is 11.1 Å². The van der Waals surface area contributed by atoms with Gasteiger partial charge in [0.15, 0.2) is 0 Å². The van der Waals surface area contributed by atoms with Crippen LogP contribution in [0.5, 0.6) is 0 Å². The lowest BCUT2D eigenvalue weighted by molar-refractivity contribution is 0.590. The van der Waals surface area contributed by atoms with Crippen LogP contribution in [0.2, 0.25) is 0 Å². The molecule has 1 atom stereocenters. The Morgan fingerprint density at radius 3 is 2.29 bits per heavy atom. The number of nitrogens with zero attached hydrogens (tertiary/aromatic N) is 1. The van der Waals surface area contributed by atoms with E-state index in [1.807, 2.05) is 0 Å². The number of benzene rings is 2. The first kappa shape index (κ1) is 23.0. The number of allylic oxidation sites excluding steroid dienone is 5. The maximum absolute atomic E-state index is 4.84. The molecule has 0 N–H and O–H groups in total. The van der Waals surface area contributed by atoms with E-state index in [0.29, 0.717) is 5.54 Å². The van der Waals surface area contributed by atoms with Crippen LogP contribution in [0.1, 0.15) is 83.5 Å². The van der Waals surface area contributed by atoms with Crippen molar-refractivity contribution in [2.24, 2.45) is 4.99 Å². The van der Waals surface area contributed by atoms with E-state index in [9.17, 15) is 0 Å². The highest BCUT2D eigenvalue weighted by atomic mass is 28.2. The van der Waals surface area contributed by atoms with E-state index in [2.05, 4.69) is 103 Å². The van der Waals surface area contributed by atoms with Crippen LogP contribution >= 0.6 is 0 Å². The summed E-state index contributed by atoms with van der Waals surface area (Å²) in [5, 5.41) is 1.49. The molecule has 0 bridgehead atoms. The van der Waals surface area contributed by atoms with Crippen molar-refractivity contribution in [1.29, 1.82) is 0 Å². The Morgan fingerprint density at radius 1 is 0.912 bits per heavy atom.